The Hall–Kier alpha value is -2.01. The standard InChI is InChI=1S/C13H23N2O10P/c14-5-1-2-10(16)15-9(13(21)22)6-25-26(23,24)7-8(12(19)20)3-4-11(17)18/h8-9H,1-7,14H2,(H,15,16)(H,17,18)(H,19,20)(H,21,22)(H,23,24)/t8?,9-/m1/s1. The third-order valence-electron chi connectivity index (χ3n) is 3.19. The van der Waals surface area contributed by atoms with E-state index in [0.717, 1.165) is 0 Å². The van der Waals surface area contributed by atoms with Crippen LogP contribution in [0.3, 0.4) is 0 Å². The Bertz CT molecular complexity index is 567. The zero-order valence-electron chi connectivity index (χ0n) is 13.9. The molecule has 0 aromatic carbocycles. The second kappa shape index (κ2) is 11.6. The van der Waals surface area contributed by atoms with Gasteiger partial charge in [0.25, 0.3) is 0 Å². The minimum Gasteiger partial charge on any atom is -0.481 e. The van der Waals surface area contributed by atoms with E-state index in [1.165, 1.54) is 0 Å². The van der Waals surface area contributed by atoms with E-state index >= 15 is 0 Å². The summed E-state index contributed by atoms with van der Waals surface area (Å²) in [7, 11) is -4.53. The summed E-state index contributed by atoms with van der Waals surface area (Å²) >= 11 is 0. The maximum absolute atomic E-state index is 12.0. The Morgan fingerprint density at radius 1 is 1.08 bits per heavy atom. The molecule has 0 spiro atoms. The average Bonchev–Trinajstić information content (AvgIpc) is 2.52. The highest BCUT2D eigenvalue weighted by Crippen LogP contribution is 2.44. The van der Waals surface area contributed by atoms with Crippen LogP contribution in [0.4, 0.5) is 0 Å². The van der Waals surface area contributed by atoms with Crippen molar-refractivity contribution in [3.05, 3.63) is 0 Å². The zero-order valence-corrected chi connectivity index (χ0v) is 14.8. The Kier molecular flexibility index (Phi) is 10.7. The van der Waals surface area contributed by atoms with E-state index in [0.29, 0.717) is 6.42 Å². The van der Waals surface area contributed by atoms with Crippen LogP contribution in [-0.2, 0) is 28.3 Å². The number of aliphatic carboxylic acids is 3. The predicted octanol–water partition coefficient (Wildman–Crippen LogP) is -0.938. The van der Waals surface area contributed by atoms with Crippen molar-refractivity contribution in [2.75, 3.05) is 19.3 Å². The van der Waals surface area contributed by atoms with E-state index in [1.54, 1.807) is 0 Å². The van der Waals surface area contributed by atoms with Gasteiger partial charge in [-0.05, 0) is 19.4 Å². The van der Waals surface area contributed by atoms with Crippen LogP contribution in [0, 0.1) is 5.92 Å². The zero-order chi connectivity index (χ0) is 20.3. The molecular formula is C13H23N2O10P. The van der Waals surface area contributed by atoms with Crippen LogP contribution in [0.2, 0.25) is 0 Å². The van der Waals surface area contributed by atoms with Gasteiger partial charge >= 0.3 is 25.5 Å². The number of carbonyl (C=O) groups is 4. The lowest BCUT2D eigenvalue weighted by atomic mass is 10.1. The molecule has 26 heavy (non-hydrogen) atoms. The first-order chi connectivity index (χ1) is 12.0. The molecule has 0 saturated carbocycles. The quantitative estimate of drug-likeness (QED) is 0.196. The summed E-state index contributed by atoms with van der Waals surface area (Å²) in [5, 5.41) is 28.6. The molecule has 3 atom stereocenters. The van der Waals surface area contributed by atoms with Crippen molar-refractivity contribution in [2.24, 2.45) is 11.7 Å². The summed E-state index contributed by atoms with van der Waals surface area (Å²) in [5.74, 6) is -6.34. The lowest BCUT2D eigenvalue weighted by Crippen LogP contribution is -2.44. The third-order valence-corrected chi connectivity index (χ3v) is 4.65. The normalized spacial score (nSPS) is 15.5. The first-order valence-corrected chi connectivity index (χ1v) is 9.38. The minimum absolute atomic E-state index is 0.0344. The van der Waals surface area contributed by atoms with Crippen molar-refractivity contribution in [1.82, 2.24) is 5.32 Å². The van der Waals surface area contributed by atoms with Crippen LogP contribution >= 0.6 is 7.60 Å². The van der Waals surface area contributed by atoms with Crippen molar-refractivity contribution < 1.29 is 48.5 Å². The van der Waals surface area contributed by atoms with Gasteiger partial charge in [0.1, 0.15) is 0 Å². The van der Waals surface area contributed by atoms with Crippen LogP contribution in [0.5, 0.6) is 0 Å². The van der Waals surface area contributed by atoms with E-state index in [-0.39, 0.29) is 13.0 Å². The van der Waals surface area contributed by atoms with Crippen molar-refractivity contribution in [1.29, 1.82) is 0 Å². The van der Waals surface area contributed by atoms with Gasteiger partial charge in [0.2, 0.25) is 5.91 Å². The highest BCUT2D eigenvalue weighted by atomic mass is 31.2. The van der Waals surface area contributed by atoms with Crippen LogP contribution in [-0.4, -0.2) is 69.4 Å². The summed E-state index contributed by atoms with van der Waals surface area (Å²) in [6, 6.07) is -1.61. The molecule has 150 valence electrons. The third kappa shape index (κ3) is 10.8. The maximum Gasteiger partial charge on any atom is 0.329 e. The van der Waals surface area contributed by atoms with Gasteiger partial charge < -0.3 is 35.8 Å². The molecular weight excluding hydrogens is 375 g/mol. The predicted molar refractivity (Wildman–Crippen MR) is 86.5 cm³/mol. The van der Waals surface area contributed by atoms with E-state index in [4.69, 9.17) is 21.1 Å². The van der Waals surface area contributed by atoms with Crippen molar-refractivity contribution in [3.63, 3.8) is 0 Å². The first kappa shape index (κ1) is 24.0. The Morgan fingerprint density at radius 3 is 2.15 bits per heavy atom. The minimum atomic E-state index is -4.53. The monoisotopic (exact) mass is 398 g/mol. The second-order valence-corrected chi connectivity index (χ2v) is 7.33. The van der Waals surface area contributed by atoms with Gasteiger partial charge in [-0.2, -0.15) is 0 Å². The summed E-state index contributed by atoms with van der Waals surface area (Å²) in [5.41, 5.74) is 5.22. The number of carboxylic acid groups (broad SMARTS) is 3. The molecule has 0 bridgehead atoms. The van der Waals surface area contributed by atoms with Crippen LogP contribution in [0.25, 0.3) is 0 Å². The molecule has 1 amide bonds. The smallest absolute Gasteiger partial charge is 0.329 e. The number of carbonyl (C=O) groups excluding carboxylic acids is 1. The van der Waals surface area contributed by atoms with Gasteiger partial charge in [-0.15, -0.1) is 0 Å². The molecule has 2 unspecified atom stereocenters. The molecule has 0 radical (unpaired) electrons. The summed E-state index contributed by atoms with van der Waals surface area (Å²) < 4.78 is 16.6. The van der Waals surface area contributed by atoms with Gasteiger partial charge in [0.15, 0.2) is 6.04 Å². The molecule has 12 nitrogen and oxygen atoms in total. The molecule has 13 heteroatoms. The summed E-state index contributed by atoms with van der Waals surface area (Å²) in [6.07, 6.45) is -1.51. The van der Waals surface area contributed by atoms with E-state index in [9.17, 15) is 28.6 Å². The molecule has 0 rings (SSSR count). The van der Waals surface area contributed by atoms with Gasteiger partial charge in [-0.1, -0.05) is 0 Å². The van der Waals surface area contributed by atoms with Gasteiger partial charge in [0, 0.05) is 12.8 Å². The number of rotatable bonds is 14. The van der Waals surface area contributed by atoms with Crippen molar-refractivity contribution in [3.8, 4) is 0 Å². The highest BCUT2D eigenvalue weighted by molar-refractivity contribution is 7.52. The van der Waals surface area contributed by atoms with E-state index in [1.807, 2.05) is 0 Å². The number of hydrogen-bond donors (Lipinski definition) is 6. The van der Waals surface area contributed by atoms with Crippen LogP contribution in [0.1, 0.15) is 25.7 Å². The van der Waals surface area contributed by atoms with Gasteiger partial charge in [0.05, 0.1) is 18.7 Å². The Morgan fingerprint density at radius 2 is 1.69 bits per heavy atom. The first-order valence-electron chi connectivity index (χ1n) is 7.61. The van der Waals surface area contributed by atoms with Crippen molar-refractivity contribution >= 4 is 31.4 Å². The SMILES string of the molecule is NCCCC(=O)N[C@H](COP(=O)(O)CC(CCC(=O)O)C(=O)O)C(=O)O. The Labute approximate surface area is 148 Å². The fourth-order valence-electron chi connectivity index (χ4n) is 1.82. The fourth-order valence-corrected chi connectivity index (χ4v) is 3.20. The summed E-state index contributed by atoms with van der Waals surface area (Å²) in [4.78, 5) is 53.8. The highest BCUT2D eigenvalue weighted by Gasteiger charge is 2.32. The second-order valence-electron chi connectivity index (χ2n) is 5.43. The topological polar surface area (TPSA) is 214 Å². The molecule has 0 saturated heterocycles. The number of nitrogens with two attached hydrogens (primary N) is 1. The molecule has 0 aliphatic heterocycles. The number of nitrogens with one attached hydrogen (secondary N) is 1. The fraction of sp³-hybridized carbons (Fsp3) is 0.692. The van der Waals surface area contributed by atoms with Crippen molar-refractivity contribution in [2.45, 2.75) is 31.7 Å². The largest absolute Gasteiger partial charge is 0.481 e. The lowest BCUT2D eigenvalue weighted by molar-refractivity contribution is -0.143. The van der Waals surface area contributed by atoms with Crippen LogP contribution in [0.15, 0.2) is 0 Å². The molecule has 0 aliphatic carbocycles. The summed E-state index contributed by atoms with van der Waals surface area (Å²) in [6.45, 7) is -0.636. The number of amides is 1. The molecule has 0 aromatic heterocycles. The number of hydrogen-bond acceptors (Lipinski definition) is 7. The van der Waals surface area contributed by atoms with Gasteiger partial charge in [-0.25, -0.2) is 4.79 Å². The molecule has 0 aliphatic rings. The van der Waals surface area contributed by atoms with Crippen LogP contribution < -0.4 is 11.1 Å². The van der Waals surface area contributed by atoms with Gasteiger partial charge in [-0.3, -0.25) is 18.9 Å². The molecule has 0 aromatic rings. The average molecular weight is 398 g/mol. The maximum atomic E-state index is 12.0. The van der Waals surface area contributed by atoms with E-state index < -0.39 is 69.0 Å². The molecule has 7 N–H and O–H groups in total. The van der Waals surface area contributed by atoms with E-state index in [2.05, 4.69) is 9.84 Å². The Balaban J connectivity index is 4.74. The molecule has 0 heterocycles. The molecule has 0 fully saturated rings. The number of carboxylic acids is 3. The lowest BCUT2D eigenvalue weighted by Gasteiger charge is -2.19.